The van der Waals surface area contributed by atoms with E-state index in [-0.39, 0.29) is 6.04 Å². The van der Waals surface area contributed by atoms with E-state index in [0.717, 1.165) is 12.0 Å². The van der Waals surface area contributed by atoms with Gasteiger partial charge in [-0.05, 0) is 45.6 Å². The Morgan fingerprint density at radius 2 is 1.86 bits per heavy atom. The first-order valence-corrected chi connectivity index (χ1v) is 7.46. The summed E-state index contributed by atoms with van der Waals surface area (Å²) in [5.41, 5.74) is -0.463. The third kappa shape index (κ3) is 3.56. The summed E-state index contributed by atoms with van der Waals surface area (Å²) in [5, 5.41) is 10.8. The zero-order valence-corrected chi connectivity index (χ0v) is 13.3. The van der Waals surface area contributed by atoms with Gasteiger partial charge in [-0.1, -0.05) is 30.3 Å². The van der Waals surface area contributed by atoms with Crippen LogP contribution < -0.4 is 0 Å². The van der Waals surface area contributed by atoms with Crippen molar-refractivity contribution in [2.45, 2.75) is 57.3 Å². The largest absolute Gasteiger partial charge is 0.444 e. The highest BCUT2D eigenvalue weighted by molar-refractivity contribution is 5.68. The Morgan fingerprint density at radius 3 is 2.29 bits per heavy atom. The van der Waals surface area contributed by atoms with Crippen molar-refractivity contribution < 1.29 is 14.6 Å². The average molecular weight is 291 g/mol. The molecule has 0 aromatic heterocycles. The Hall–Kier alpha value is -1.55. The minimum atomic E-state index is -0.854. The topological polar surface area (TPSA) is 49.8 Å². The van der Waals surface area contributed by atoms with Crippen LogP contribution in [0.15, 0.2) is 30.3 Å². The van der Waals surface area contributed by atoms with Crippen LogP contribution in [-0.2, 0) is 4.74 Å². The first kappa shape index (κ1) is 15.8. The van der Waals surface area contributed by atoms with Crippen molar-refractivity contribution in [1.29, 1.82) is 0 Å². The molecule has 1 aliphatic carbocycles. The second kappa shape index (κ2) is 5.68. The van der Waals surface area contributed by atoms with E-state index < -0.39 is 17.3 Å². The normalized spacial score (nSPS) is 18.5. The molecular formula is C17H25NO3. The van der Waals surface area contributed by atoms with Crippen LogP contribution in [0.25, 0.3) is 0 Å². The van der Waals surface area contributed by atoms with E-state index in [0.29, 0.717) is 12.8 Å². The molecule has 1 N–H and O–H groups in total. The summed E-state index contributed by atoms with van der Waals surface area (Å²) in [5.74, 6) is 0. The number of hydrogen-bond donors (Lipinski definition) is 1. The number of ether oxygens (including phenoxy) is 1. The fourth-order valence-corrected chi connectivity index (χ4v) is 2.78. The first-order valence-electron chi connectivity index (χ1n) is 7.46. The predicted octanol–water partition coefficient (Wildman–Crippen LogP) is 3.51. The molecule has 1 aliphatic rings. The molecule has 116 valence electrons. The monoisotopic (exact) mass is 291 g/mol. The Bertz CT molecular complexity index is 489. The minimum Gasteiger partial charge on any atom is -0.444 e. The number of aliphatic hydroxyl groups is 1. The predicted molar refractivity (Wildman–Crippen MR) is 82.0 cm³/mol. The van der Waals surface area contributed by atoms with Gasteiger partial charge < -0.3 is 14.7 Å². The van der Waals surface area contributed by atoms with Gasteiger partial charge in [-0.25, -0.2) is 4.79 Å². The van der Waals surface area contributed by atoms with Crippen LogP contribution in [0.2, 0.25) is 0 Å². The maximum atomic E-state index is 12.4. The smallest absolute Gasteiger partial charge is 0.410 e. The third-order valence-corrected chi connectivity index (χ3v) is 3.91. The van der Waals surface area contributed by atoms with Gasteiger partial charge >= 0.3 is 6.09 Å². The number of hydrogen-bond acceptors (Lipinski definition) is 3. The minimum absolute atomic E-state index is 0.373. The van der Waals surface area contributed by atoms with E-state index in [9.17, 15) is 9.90 Å². The van der Waals surface area contributed by atoms with Crippen LogP contribution in [0, 0.1) is 0 Å². The van der Waals surface area contributed by atoms with Gasteiger partial charge in [0.05, 0.1) is 11.6 Å². The van der Waals surface area contributed by atoms with Crippen LogP contribution in [-0.4, -0.2) is 34.3 Å². The lowest BCUT2D eigenvalue weighted by atomic mass is 9.72. The van der Waals surface area contributed by atoms with Gasteiger partial charge in [0, 0.05) is 7.05 Å². The number of carbonyl (C=O) groups excluding carboxylic acids is 1. The summed E-state index contributed by atoms with van der Waals surface area (Å²) >= 11 is 0. The second-order valence-electron chi connectivity index (χ2n) is 6.86. The van der Waals surface area contributed by atoms with Crippen LogP contribution in [0.3, 0.4) is 0 Å². The third-order valence-electron chi connectivity index (χ3n) is 3.91. The van der Waals surface area contributed by atoms with Gasteiger partial charge in [0.2, 0.25) is 0 Å². The maximum absolute atomic E-state index is 12.4. The van der Waals surface area contributed by atoms with Crippen LogP contribution in [0.1, 0.15) is 51.6 Å². The highest BCUT2D eigenvalue weighted by Gasteiger charge is 2.47. The van der Waals surface area contributed by atoms with Crippen molar-refractivity contribution in [2.75, 3.05) is 7.05 Å². The van der Waals surface area contributed by atoms with Crippen LogP contribution in [0.5, 0.6) is 0 Å². The SMILES string of the molecule is CN(C(=O)OC(C)(C)C)C(c1ccccc1)C1(O)CCC1. The fourth-order valence-electron chi connectivity index (χ4n) is 2.78. The van der Waals surface area contributed by atoms with E-state index in [1.54, 1.807) is 7.05 Å². The Balaban J connectivity index is 2.26. The van der Waals surface area contributed by atoms with E-state index in [1.807, 2.05) is 51.1 Å². The van der Waals surface area contributed by atoms with Gasteiger partial charge in [0.15, 0.2) is 0 Å². The molecule has 4 heteroatoms. The number of nitrogens with zero attached hydrogens (tertiary/aromatic N) is 1. The highest BCUT2D eigenvalue weighted by atomic mass is 16.6. The number of likely N-dealkylation sites (N-methyl/N-ethyl adjacent to an activating group) is 1. The highest BCUT2D eigenvalue weighted by Crippen LogP contribution is 2.45. The van der Waals surface area contributed by atoms with E-state index in [1.165, 1.54) is 4.90 Å². The molecule has 1 aromatic carbocycles. The molecule has 0 spiro atoms. The Morgan fingerprint density at radius 1 is 1.29 bits per heavy atom. The molecule has 1 aromatic rings. The van der Waals surface area contributed by atoms with Crippen molar-refractivity contribution >= 4 is 6.09 Å². The summed E-state index contributed by atoms with van der Waals surface area (Å²) in [6.07, 6.45) is 2.00. The van der Waals surface area contributed by atoms with Crippen molar-refractivity contribution in [3.63, 3.8) is 0 Å². The Labute approximate surface area is 126 Å². The van der Waals surface area contributed by atoms with E-state index in [2.05, 4.69) is 0 Å². The molecule has 0 bridgehead atoms. The molecular weight excluding hydrogens is 266 g/mol. The van der Waals surface area contributed by atoms with Crippen molar-refractivity contribution in [1.82, 2.24) is 4.90 Å². The molecule has 0 radical (unpaired) electrons. The number of amides is 1. The second-order valence-corrected chi connectivity index (χ2v) is 6.86. The first-order chi connectivity index (χ1) is 9.73. The molecule has 21 heavy (non-hydrogen) atoms. The van der Waals surface area contributed by atoms with Crippen molar-refractivity contribution in [2.24, 2.45) is 0 Å². The summed E-state index contributed by atoms with van der Waals surface area (Å²) in [6, 6.07) is 9.30. The molecule has 1 saturated carbocycles. The molecule has 0 aliphatic heterocycles. The van der Waals surface area contributed by atoms with Crippen molar-refractivity contribution in [3.05, 3.63) is 35.9 Å². The average Bonchev–Trinajstić information content (AvgIpc) is 2.36. The summed E-state index contributed by atoms with van der Waals surface area (Å²) in [7, 11) is 1.70. The van der Waals surface area contributed by atoms with Gasteiger partial charge in [0.1, 0.15) is 5.60 Å². The molecule has 1 fully saturated rings. The lowest BCUT2D eigenvalue weighted by molar-refractivity contribution is -0.0994. The van der Waals surface area contributed by atoms with E-state index in [4.69, 9.17) is 4.74 Å². The number of benzene rings is 1. The van der Waals surface area contributed by atoms with Crippen LogP contribution in [0.4, 0.5) is 4.79 Å². The lowest BCUT2D eigenvalue weighted by Crippen LogP contribution is -2.52. The molecule has 4 nitrogen and oxygen atoms in total. The van der Waals surface area contributed by atoms with Crippen LogP contribution >= 0.6 is 0 Å². The summed E-state index contributed by atoms with van der Waals surface area (Å²) < 4.78 is 5.44. The Kier molecular flexibility index (Phi) is 4.28. The standard InChI is InChI=1S/C17H25NO3/c1-16(2,3)21-15(19)18(4)14(17(20)11-8-12-17)13-9-6-5-7-10-13/h5-7,9-10,14,20H,8,11-12H2,1-4H3. The molecule has 1 unspecified atom stereocenters. The van der Waals surface area contributed by atoms with Gasteiger partial charge in [-0.15, -0.1) is 0 Å². The van der Waals surface area contributed by atoms with Crippen molar-refractivity contribution in [3.8, 4) is 0 Å². The lowest BCUT2D eigenvalue weighted by Gasteiger charge is -2.47. The summed E-state index contributed by atoms with van der Waals surface area (Å²) in [4.78, 5) is 13.9. The number of rotatable bonds is 3. The zero-order valence-electron chi connectivity index (χ0n) is 13.3. The summed E-state index contributed by atoms with van der Waals surface area (Å²) in [6.45, 7) is 5.52. The quantitative estimate of drug-likeness (QED) is 0.927. The van der Waals surface area contributed by atoms with Gasteiger partial charge in [-0.2, -0.15) is 0 Å². The molecule has 0 saturated heterocycles. The zero-order chi connectivity index (χ0) is 15.7. The number of carbonyl (C=O) groups is 1. The molecule has 2 rings (SSSR count). The fraction of sp³-hybridized carbons (Fsp3) is 0.588. The molecule has 1 amide bonds. The molecule has 0 heterocycles. The van der Waals surface area contributed by atoms with Gasteiger partial charge in [-0.3, -0.25) is 0 Å². The van der Waals surface area contributed by atoms with E-state index >= 15 is 0 Å². The van der Waals surface area contributed by atoms with Gasteiger partial charge in [0.25, 0.3) is 0 Å². The molecule has 1 atom stereocenters. The maximum Gasteiger partial charge on any atom is 0.410 e.